The Balaban J connectivity index is 1.72. The van der Waals surface area contributed by atoms with Crippen LogP contribution in [0.25, 0.3) is 11.5 Å². The highest BCUT2D eigenvalue weighted by Crippen LogP contribution is 2.38. The lowest BCUT2D eigenvalue weighted by Gasteiger charge is -2.14. The highest BCUT2D eigenvalue weighted by atomic mass is 16.5. The number of benzene rings is 1. The van der Waals surface area contributed by atoms with Gasteiger partial charge in [0.15, 0.2) is 17.3 Å². The molecule has 0 radical (unpaired) electrons. The third kappa shape index (κ3) is 4.12. The number of pyridine rings is 1. The largest absolute Gasteiger partial charge is 0.493 e. The van der Waals surface area contributed by atoms with Gasteiger partial charge in [-0.15, -0.1) is 5.10 Å². The van der Waals surface area contributed by atoms with Crippen LogP contribution in [0.1, 0.15) is 10.4 Å². The number of methoxy groups -OCH3 is 3. The summed E-state index contributed by atoms with van der Waals surface area (Å²) in [5.74, 6) is 1.27. The van der Waals surface area contributed by atoms with Gasteiger partial charge in [0.25, 0.3) is 5.91 Å². The quantitative estimate of drug-likeness (QED) is 0.589. The van der Waals surface area contributed by atoms with Crippen LogP contribution in [-0.4, -0.2) is 53.1 Å². The summed E-state index contributed by atoms with van der Waals surface area (Å²) in [5.41, 5.74) is 0.641. The first kappa shape index (κ1) is 20.9. The van der Waals surface area contributed by atoms with Crippen LogP contribution in [0, 0.1) is 0 Å². The first-order chi connectivity index (χ1) is 14.5. The van der Waals surface area contributed by atoms with Crippen molar-refractivity contribution in [2.45, 2.75) is 6.54 Å². The number of ether oxygens (including phenoxy) is 3. The molecule has 0 aliphatic heterocycles. The van der Waals surface area contributed by atoms with Crippen LogP contribution in [0.15, 0.2) is 41.3 Å². The van der Waals surface area contributed by atoms with Crippen LogP contribution in [0.4, 0.5) is 0 Å². The summed E-state index contributed by atoms with van der Waals surface area (Å²) in [4.78, 5) is 29.2. The molecule has 10 nitrogen and oxygen atoms in total. The summed E-state index contributed by atoms with van der Waals surface area (Å²) in [6.45, 7) is 0.406. The number of rotatable bonds is 8. The van der Waals surface area contributed by atoms with Crippen molar-refractivity contribution in [1.29, 1.82) is 0 Å². The lowest BCUT2D eigenvalue weighted by molar-refractivity contribution is 0.0951. The first-order valence-electron chi connectivity index (χ1n) is 9.13. The third-order valence-electron chi connectivity index (χ3n) is 4.47. The first-order valence-corrected chi connectivity index (χ1v) is 9.13. The van der Waals surface area contributed by atoms with Crippen molar-refractivity contribution < 1.29 is 19.0 Å². The Morgan fingerprint density at radius 2 is 1.80 bits per heavy atom. The molecule has 0 unspecified atom stereocenters. The smallest absolute Gasteiger partial charge is 0.346 e. The number of carbonyl (C=O) groups is 1. The van der Waals surface area contributed by atoms with Crippen LogP contribution in [0.3, 0.4) is 0 Å². The van der Waals surface area contributed by atoms with Gasteiger partial charge in [-0.3, -0.25) is 14.3 Å². The SMILES string of the molecule is COc1cc(C(=O)NCCn2nc(-c3ccccn3)n(C)c2=O)cc(OC)c1OC. The predicted molar refractivity (Wildman–Crippen MR) is 109 cm³/mol. The molecule has 10 heteroatoms. The second-order valence-electron chi connectivity index (χ2n) is 6.27. The third-order valence-corrected chi connectivity index (χ3v) is 4.47. The van der Waals surface area contributed by atoms with Gasteiger partial charge in [-0.25, -0.2) is 9.48 Å². The predicted octanol–water partition coefficient (Wildman–Crippen LogP) is 1.10. The Kier molecular flexibility index (Phi) is 6.35. The molecular formula is C20H23N5O5. The summed E-state index contributed by atoms with van der Waals surface area (Å²) in [7, 11) is 6.07. The molecule has 0 saturated heterocycles. The number of hydrogen-bond acceptors (Lipinski definition) is 7. The van der Waals surface area contributed by atoms with Crippen LogP contribution in [0.2, 0.25) is 0 Å². The van der Waals surface area contributed by atoms with Crippen LogP contribution < -0.4 is 25.2 Å². The second kappa shape index (κ2) is 9.12. The normalized spacial score (nSPS) is 10.5. The van der Waals surface area contributed by atoms with Crippen molar-refractivity contribution in [1.82, 2.24) is 24.6 Å². The Labute approximate surface area is 173 Å². The van der Waals surface area contributed by atoms with Crippen molar-refractivity contribution >= 4 is 5.91 Å². The lowest BCUT2D eigenvalue weighted by Crippen LogP contribution is -2.31. The van der Waals surface area contributed by atoms with Gasteiger partial charge in [-0.05, 0) is 24.3 Å². The van der Waals surface area contributed by atoms with Gasteiger partial charge in [0.05, 0.1) is 27.9 Å². The van der Waals surface area contributed by atoms with Crippen molar-refractivity contribution in [3.05, 3.63) is 52.6 Å². The average molecular weight is 413 g/mol. The van der Waals surface area contributed by atoms with E-state index < -0.39 is 0 Å². The Morgan fingerprint density at radius 1 is 1.10 bits per heavy atom. The number of nitrogens with zero attached hydrogens (tertiary/aromatic N) is 4. The van der Waals surface area contributed by atoms with Crippen molar-refractivity contribution in [2.24, 2.45) is 7.05 Å². The van der Waals surface area contributed by atoms with Gasteiger partial charge in [-0.2, -0.15) is 0 Å². The van der Waals surface area contributed by atoms with Crippen molar-refractivity contribution in [2.75, 3.05) is 27.9 Å². The molecule has 0 bridgehead atoms. The van der Waals surface area contributed by atoms with E-state index in [2.05, 4.69) is 15.4 Å². The molecule has 2 heterocycles. The highest BCUT2D eigenvalue weighted by Gasteiger charge is 2.17. The minimum atomic E-state index is -0.344. The van der Waals surface area contributed by atoms with Gasteiger partial charge in [0.1, 0.15) is 5.69 Å². The molecule has 3 rings (SSSR count). The molecule has 30 heavy (non-hydrogen) atoms. The van der Waals surface area contributed by atoms with Crippen LogP contribution in [-0.2, 0) is 13.6 Å². The lowest BCUT2D eigenvalue weighted by atomic mass is 10.1. The summed E-state index contributed by atoms with van der Waals surface area (Å²) in [6.07, 6.45) is 1.64. The second-order valence-corrected chi connectivity index (χ2v) is 6.27. The zero-order valence-corrected chi connectivity index (χ0v) is 17.2. The van der Waals surface area contributed by atoms with E-state index in [9.17, 15) is 9.59 Å². The van der Waals surface area contributed by atoms with E-state index >= 15 is 0 Å². The molecule has 0 aliphatic rings. The van der Waals surface area contributed by atoms with Crippen molar-refractivity contribution in [3.63, 3.8) is 0 Å². The van der Waals surface area contributed by atoms with Gasteiger partial charge < -0.3 is 19.5 Å². The van der Waals surface area contributed by atoms with E-state index in [0.717, 1.165) is 0 Å². The molecule has 0 aliphatic carbocycles. The molecule has 0 atom stereocenters. The van der Waals surface area contributed by atoms with Crippen LogP contribution in [0.5, 0.6) is 17.2 Å². The minimum absolute atomic E-state index is 0.202. The molecular weight excluding hydrogens is 390 g/mol. The standard InChI is InChI=1S/C20H23N5O5/c1-24-18(14-7-5-6-8-21-14)23-25(20(24)27)10-9-22-19(26)13-11-15(28-2)17(30-4)16(12-13)29-3/h5-8,11-12H,9-10H2,1-4H3,(H,22,26). The maximum atomic E-state index is 12.6. The molecule has 1 amide bonds. The average Bonchev–Trinajstić information content (AvgIpc) is 3.07. The Bertz CT molecular complexity index is 1070. The van der Waals surface area contributed by atoms with Crippen LogP contribution >= 0.6 is 0 Å². The summed E-state index contributed by atoms with van der Waals surface area (Å²) in [5, 5.41) is 7.09. The zero-order chi connectivity index (χ0) is 21.7. The monoisotopic (exact) mass is 413 g/mol. The van der Waals surface area contributed by atoms with E-state index in [1.807, 2.05) is 6.07 Å². The summed E-state index contributed by atoms with van der Waals surface area (Å²) >= 11 is 0. The molecule has 0 spiro atoms. The van der Waals surface area contributed by atoms with Gasteiger partial charge >= 0.3 is 5.69 Å². The van der Waals surface area contributed by atoms with Crippen molar-refractivity contribution in [3.8, 4) is 28.8 Å². The highest BCUT2D eigenvalue weighted by molar-refractivity contribution is 5.95. The fourth-order valence-corrected chi connectivity index (χ4v) is 2.94. The van der Waals surface area contributed by atoms with E-state index in [1.54, 1.807) is 37.5 Å². The molecule has 1 aromatic carbocycles. The maximum absolute atomic E-state index is 12.6. The fourth-order valence-electron chi connectivity index (χ4n) is 2.94. The molecule has 2 aromatic heterocycles. The number of hydrogen-bond donors (Lipinski definition) is 1. The topological polar surface area (TPSA) is 110 Å². The Hall–Kier alpha value is -3.82. The molecule has 3 aromatic rings. The molecule has 158 valence electrons. The minimum Gasteiger partial charge on any atom is -0.493 e. The van der Waals surface area contributed by atoms with Gasteiger partial charge in [0.2, 0.25) is 5.75 Å². The van der Waals surface area contributed by atoms with Gasteiger partial charge in [0, 0.05) is 25.4 Å². The maximum Gasteiger partial charge on any atom is 0.346 e. The number of nitrogens with one attached hydrogen (secondary N) is 1. The summed E-state index contributed by atoms with van der Waals surface area (Å²) in [6, 6.07) is 8.50. The fraction of sp³-hybridized carbons (Fsp3) is 0.300. The molecule has 0 fully saturated rings. The summed E-state index contributed by atoms with van der Waals surface area (Å²) < 4.78 is 18.5. The number of amides is 1. The number of aromatic nitrogens is 4. The van der Waals surface area contributed by atoms with E-state index in [4.69, 9.17) is 14.2 Å². The van der Waals surface area contributed by atoms with E-state index in [0.29, 0.717) is 34.3 Å². The van der Waals surface area contributed by atoms with Gasteiger partial charge in [-0.1, -0.05) is 6.07 Å². The Morgan fingerprint density at radius 3 is 2.37 bits per heavy atom. The van der Waals surface area contributed by atoms with E-state index in [-0.39, 0.29) is 24.7 Å². The zero-order valence-electron chi connectivity index (χ0n) is 17.2. The molecule has 1 N–H and O–H groups in total. The molecule has 0 saturated carbocycles. The number of carbonyl (C=O) groups excluding carboxylic acids is 1. The van der Waals surface area contributed by atoms with E-state index in [1.165, 1.54) is 30.6 Å².